The Hall–Kier alpha value is -2.42. The highest BCUT2D eigenvalue weighted by Gasteiger charge is 2.28. The summed E-state index contributed by atoms with van der Waals surface area (Å²) in [6, 6.07) is 7.12. The van der Waals surface area contributed by atoms with E-state index in [4.69, 9.17) is 18.3 Å². The zero-order valence-electron chi connectivity index (χ0n) is 16.8. The van der Waals surface area contributed by atoms with Gasteiger partial charge in [0.2, 0.25) is 5.91 Å². The summed E-state index contributed by atoms with van der Waals surface area (Å²) in [6.07, 6.45) is 2.37. The monoisotopic (exact) mass is 392 g/mol. The standard InChI is InChI=1S/C20H28N2O6/c1-15(23)9-10-18(24)22(20(26-4)17-8-6-14-28-17)12-11-21(2)19(25-3)16-7-5-13-27-16/h5-8,13-14,19-20H,9-12H2,1-4H3. The first-order chi connectivity index (χ1) is 13.5. The number of hydrogen-bond donors (Lipinski definition) is 0. The number of ketones is 1. The number of amides is 1. The Bertz CT molecular complexity index is 713. The van der Waals surface area contributed by atoms with Crippen molar-refractivity contribution in [2.24, 2.45) is 0 Å². The second-order valence-corrected chi connectivity index (χ2v) is 6.48. The molecule has 28 heavy (non-hydrogen) atoms. The number of furan rings is 2. The predicted octanol–water partition coefficient (Wildman–Crippen LogP) is 2.99. The first-order valence-electron chi connectivity index (χ1n) is 9.09. The average molecular weight is 392 g/mol. The van der Waals surface area contributed by atoms with Crippen LogP contribution in [0.25, 0.3) is 0 Å². The van der Waals surface area contributed by atoms with Crippen molar-refractivity contribution in [1.82, 2.24) is 9.80 Å². The van der Waals surface area contributed by atoms with E-state index in [1.807, 2.05) is 18.0 Å². The second-order valence-electron chi connectivity index (χ2n) is 6.48. The molecule has 2 aromatic rings. The quantitative estimate of drug-likeness (QED) is 0.513. The largest absolute Gasteiger partial charge is 0.465 e. The third kappa shape index (κ3) is 5.79. The summed E-state index contributed by atoms with van der Waals surface area (Å²) in [4.78, 5) is 27.6. The summed E-state index contributed by atoms with van der Waals surface area (Å²) < 4.78 is 21.9. The van der Waals surface area contributed by atoms with Crippen molar-refractivity contribution in [1.29, 1.82) is 0 Å². The van der Waals surface area contributed by atoms with Crippen LogP contribution < -0.4 is 0 Å². The molecule has 0 aliphatic heterocycles. The van der Waals surface area contributed by atoms with Crippen LogP contribution in [0.5, 0.6) is 0 Å². The van der Waals surface area contributed by atoms with Gasteiger partial charge in [-0.1, -0.05) is 0 Å². The molecule has 0 saturated carbocycles. The zero-order valence-corrected chi connectivity index (χ0v) is 16.8. The predicted molar refractivity (Wildman–Crippen MR) is 101 cm³/mol. The van der Waals surface area contributed by atoms with Crippen molar-refractivity contribution in [2.45, 2.75) is 32.2 Å². The van der Waals surface area contributed by atoms with E-state index in [2.05, 4.69) is 0 Å². The third-order valence-electron chi connectivity index (χ3n) is 4.41. The van der Waals surface area contributed by atoms with E-state index in [0.29, 0.717) is 24.6 Å². The molecule has 2 aromatic heterocycles. The molecule has 2 unspecified atom stereocenters. The summed E-state index contributed by atoms with van der Waals surface area (Å²) >= 11 is 0. The van der Waals surface area contributed by atoms with Gasteiger partial charge in [-0.2, -0.15) is 0 Å². The number of hydrogen-bond acceptors (Lipinski definition) is 7. The highest BCUT2D eigenvalue weighted by molar-refractivity contribution is 5.83. The number of ether oxygens (including phenoxy) is 2. The average Bonchev–Trinajstić information content (AvgIpc) is 3.38. The molecule has 0 bridgehead atoms. The van der Waals surface area contributed by atoms with E-state index in [1.54, 1.807) is 36.5 Å². The highest BCUT2D eigenvalue weighted by Crippen LogP contribution is 2.25. The number of Topliss-reactive ketones (excluding diaryl/α,β-unsaturated/α-hetero) is 1. The molecule has 154 valence electrons. The molecular formula is C20H28N2O6. The minimum absolute atomic E-state index is 0.0327. The summed E-state index contributed by atoms with van der Waals surface area (Å²) in [6.45, 7) is 2.32. The maximum Gasteiger partial charge on any atom is 0.225 e. The number of rotatable bonds is 12. The molecule has 0 radical (unpaired) electrons. The smallest absolute Gasteiger partial charge is 0.225 e. The fraction of sp³-hybridized carbons (Fsp3) is 0.500. The molecule has 0 spiro atoms. The zero-order chi connectivity index (χ0) is 20.5. The number of carbonyl (C=O) groups is 2. The highest BCUT2D eigenvalue weighted by atomic mass is 16.5. The van der Waals surface area contributed by atoms with Gasteiger partial charge in [0.15, 0.2) is 18.2 Å². The molecule has 2 heterocycles. The van der Waals surface area contributed by atoms with Crippen LogP contribution in [0.4, 0.5) is 0 Å². The van der Waals surface area contributed by atoms with Gasteiger partial charge >= 0.3 is 0 Å². The molecule has 8 nitrogen and oxygen atoms in total. The van der Waals surface area contributed by atoms with Gasteiger partial charge in [-0.25, -0.2) is 0 Å². The molecule has 2 rings (SSSR count). The van der Waals surface area contributed by atoms with E-state index in [-0.39, 0.29) is 30.8 Å². The van der Waals surface area contributed by atoms with Crippen molar-refractivity contribution < 1.29 is 27.9 Å². The molecule has 0 fully saturated rings. The van der Waals surface area contributed by atoms with Gasteiger partial charge in [0.05, 0.1) is 12.5 Å². The van der Waals surface area contributed by atoms with Crippen molar-refractivity contribution in [2.75, 3.05) is 34.4 Å². The van der Waals surface area contributed by atoms with E-state index in [0.717, 1.165) is 0 Å². The van der Waals surface area contributed by atoms with E-state index >= 15 is 0 Å². The van der Waals surface area contributed by atoms with E-state index in [9.17, 15) is 9.59 Å². The third-order valence-corrected chi connectivity index (χ3v) is 4.41. The molecule has 1 amide bonds. The van der Waals surface area contributed by atoms with Crippen molar-refractivity contribution >= 4 is 11.7 Å². The van der Waals surface area contributed by atoms with Gasteiger partial charge in [-0.3, -0.25) is 9.69 Å². The lowest BCUT2D eigenvalue weighted by Gasteiger charge is -2.32. The van der Waals surface area contributed by atoms with Crippen LogP contribution in [0, 0.1) is 0 Å². The Kier molecular flexibility index (Phi) is 8.43. The normalized spacial score (nSPS) is 13.5. The van der Waals surface area contributed by atoms with Crippen LogP contribution in [-0.2, 0) is 19.1 Å². The fourth-order valence-corrected chi connectivity index (χ4v) is 2.96. The van der Waals surface area contributed by atoms with Crippen LogP contribution in [0.1, 0.15) is 43.7 Å². The lowest BCUT2D eigenvalue weighted by molar-refractivity contribution is -0.148. The van der Waals surface area contributed by atoms with Gasteiger partial charge < -0.3 is 28.0 Å². The molecule has 0 aliphatic carbocycles. The van der Waals surface area contributed by atoms with Gasteiger partial charge in [0, 0.05) is 40.2 Å². The molecule has 8 heteroatoms. The number of carbonyl (C=O) groups excluding carboxylic acids is 2. The van der Waals surface area contributed by atoms with Crippen molar-refractivity contribution in [3.63, 3.8) is 0 Å². The number of nitrogens with zero attached hydrogens (tertiary/aromatic N) is 2. The van der Waals surface area contributed by atoms with E-state index < -0.39 is 6.23 Å². The summed E-state index contributed by atoms with van der Waals surface area (Å²) in [7, 11) is 4.99. The Labute approximate surface area is 165 Å². The second kappa shape index (κ2) is 10.8. The topological polar surface area (TPSA) is 85.4 Å². The minimum Gasteiger partial charge on any atom is -0.465 e. The molecule has 0 aromatic carbocycles. The van der Waals surface area contributed by atoms with Crippen LogP contribution in [-0.4, -0.2) is 55.8 Å². The Morgan fingerprint density at radius 1 is 0.964 bits per heavy atom. The molecular weight excluding hydrogens is 364 g/mol. The van der Waals surface area contributed by atoms with Gasteiger partial charge in [0.25, 0.3) is 0 Å². The Morgan fingerprint density at radius 2 is 1.54 bits per heavy atom. The van der Waals surface area contributed by atoms with Crippen LogP contribution in [0.2, 0.25) is 0 Å². The lowest BCUT2D eigenvalue weighted by atomic mass is 10.2. The summed E-state index contributed by atoms with van der Waals surface area (Å²) in [5, 5.41) is 0. The van der Waals surface area contributed by atoms with Crippen LogP contribution in [0.3, 0.4) is 0 Å². The minimum atomic E-state index is -0.674. The van der Waals surface area contributed by atoms with Crippen molar-refractivity contribution in [3.05, 3.63) is 48.3 Å². The molecule has 2 atom stereocenters. The number of likely N-dealkylation sites (N-methyl/N-ethyl adjacent to an activating group) is 1. The van der Waals surface area contributed by atoms with Crippen LogP contribution >= 0.6 is 0 Å². The van der Waals surface area contributed by atoms with Gasteiger partial charge in [-0.05, 0) is 38.2 Å². The molecule has 0 aliphatic rings. The first-order valence-corrected chi connectivity index (χ1v) is 9.09. The number of methoxy groups -OCH3 is 2. The van der Waals surface area contributed by atoms with Gasteiger partial charge in [-0.15, -0.1) is 0 Å². The molecule has 0 N–H and O–H groups in total. The van der Waals surface area contributed by atoms with Crippen LogP contribution in [0.15, 0.2) is 45.6 Å². The summed E-state index contributed by atoms with van der Waals surface area (Å²) in [5.74, 6) is 0.984. The SMILES string of the molecule is COC(c1ccco1)N(C)CCN(C(=O)CCC(C)=O)C(OC)c1ccco1. The lowest BCUT2D eigenvalue weighted by Crippen LogP contribution is -2.41. The fourth-order valence-electron chi connectivity index (χ4n) is 2.96. The summed E-state index contributed by atoms with van der Waals surface area (Å²) in [5.41, 5.74) is 0. The van der Waals surface area contributed by atoms with Gasteiger partial charge in [0.1, 0.15) is 11.5 Å². The molecule has 0 saturated heterocycles. The Balaban J connectivity index is 2.11. The maximum absolute atomic E-state index is 12.8. The Morgan fingerprint density at radius 3 is 2.00 bits per heavy atom. The van der Waals surface area contributed by atoms with E-state index in [1.165, 1.54) is 20.3 Å². The van der Waals surface area contributed by atoms with Crippen molar-refractivity contribution in [3.8, 4) is 0 Å². The first kappa shape index (κ1) is 21.9. The maximum atomic E-state index is 12.8.